The predicted molar refractivity (Wildman–Crippen MR) is 41.2 cm³/mol. The van der Waals surface area contributed by atoms with Crippen LogP contribution in [0.3, 0.4) is 0 Å². The molecule has 0 aliphatic heterocycles. The van der Waals surface area contributed by atoms with E-state index in [1.54, 1.807) is 0 Å². The van der Waals surface area contributed by atoms with Crippen LogP contribution < -0.4 is 10.2 Å². The Labute approximate surface area is 71.0 Å². The predicted octanol–water partition coefficient (Wildman–Crippen LogP) is -0.551. The Morgan fingerprint density at radius 2 is 2.08 bits per heavy atom. The Bertz CT molecular complexity index is 232. The van der Waals surface area contributed by atoms with Gasteiger partial charge in [-0.25, -0.2) is 0 Å². The van der Waals surface area contributed by atoms with E-state index >= 15 is 0 Å². The molecule has 1 amide bonds. The Morgan fingerprint density at radius 3 is 2.33 bits per heavy atom. The lowest BCUT2D eigenvalue weighted by atomic mass is 10.3. The molecule has 12 heavy (non-hydrogen) atoms. The number of hydrogen-bond donors (Lipinski definition) is 2. The van der Waals surface area contributed by atoms with Gasteiger partial charge in [-0.05, 0) is 19.4 Å². The zero-order valence-corrected chi connectivity index (χ0v) is 7.72. The lowest BCUT2D eigenvalue weighted by molar-refractivity contribution is -0.162. The quantitative estimate of drug-likeness (QED) is 0.355. The Balaban J connectivity index is 4.67. The minimum absolute atomic E-state index is 0.293. The third-order valence-electron chi connectivity index (χ3n) is 1.11. The second-order valence-corrected chi connectivity index (χ2v) is 3.23. The largest absolute Gasteiger partial charge is 0.591 e. The molecule has 5 nitrogen and oxygen atoms in total. The molecule has 0 saturated carbocycles. The van der Waals surface area contributed by atoms with Crippen molar-refractivity contribution in [3.05, 3.63) is 10.9 Å². The first-order valence-corrected chi connectivity index (χ1v) is 4.39. The second kappa shape index (κ2) is 4.98. The maximum atomic E-state index is 10.9. The monoisotopic (exact) mass is 191 g/mol. The van der Waals surface area contributed by atoms with Gasteiger partial charge in [0.1, 0.15) is 6.73 Å². The van der Waals surface area contributed by atoms with Gasteiger partial charge in [0.05, 0.1) is 0 Å². The van der Waals surface area contributed by atoms with Gasteiger partial charge in [0.15, 0.2) is 0 Å². The van der Waals surface area contributed by atoms with Gasteiger partial charge in [-0.2, -0.15) is 0 Å². The van der Waals surface area contributed by atoms with E-state index in [1.807, 2.05) is 5.32 Å². The molecule has 0 aromatic carbocycles. The van der Waals surface area contributed by atoms with E-state index in [0.717, 1.165) is 0 Å². The van der Waals surface area contributed by atoms with Crippen LogP contribution in [-0.2, 0) is 9.36 Å². The van der Waals surface area contributed by atoms with Crippen LogP contribution in [-0.4, -0.2) is 17.7 Å². The zero-order valence-electron chi connectivity index (χ0n) is 6.83. The second-order valence-electron chi connectivity index (χ2n) is 2.27. The highest BCUT2D eigenvalue weighted by Gasteiger charge is 2.23. The van der Waals surface area contributed by atoms with E-state index in [-0.39, 0.29) is 5.31 Å². The average molecular weight is 191 g/mol. The molecule has 0 aliphatic carbocycles. The van der Waals surface area contributed by atoms with Gasteiger partial charge >= 0.3 is 8.03 Å². The summed E-state index contributed by atoms with van der Waals surface area (Å²) in [4.78, 5) is 21.4. The Hall–Kier alpha value is -0.770. The first kappa shape index (κ1) is 11.2. The van der Waals surface area contributed by atoms with E-state index < -0.39 is 20.7 Å². The molecule has 0 saturated heterocycles. The first-order valence-electron chi connectivity index (χ1n) is 3.21. The molecular weight excluding hydrogens is 181 g/mol. The summed E-state index contributed by atoms with van der Waals surface area (Å²) in [5, 5.41) is 9.99. The normalized spacial score (nSPS) is 10.5. The molecule has 68 valence electrons. The molecule has 0 spiro atoms. The van der Waals surface area contributed by atoms with E-state index in [0.29, 0.717) is 5.57 Å². The van der Waals surface area contributed by atoms with Crippen LogP contribution in [0.2, 0.25) is 0 Å². The number of carbonyl (C=O) groups excluding carboxylic acids is 1. The summed E-state index contributed by atoms with van der Waals surface area (Å²) in [5.74, 6) is -0.770. The van der Waals surface area contributed by atoms with Crippen LogP contribution in [0.25, 0.3) is 0 Å². The van der Waals surface area contributed by atoms with Crippen molar-refractivity contribution in [2.75, 3.05) is 6.73 Å². The highest BCUT2D eigenvalue weighted by molar-refractivity contribution is 7.43. The van der Waals surface area contributed by atoms with Crippen molar-refractivity contribution in [3.63, 3.8) is 0 Å². The summed E-state index contributed by atoms with van der Waals surface area (Å²) in [5.41, 5.74) is 0.400. The van der Waals surface area contributed by atoms with Gasteiger partial charge in [0.25, 0.3) is 5.91 Å². The third-order valence-corrected chi connectivity index (χ3v) is 2.13. The fourth-order valence-corrected chi connectivity index (χ4v) is 1.26. The Kier molecular flexibility index (Phi) is 4.66. The molecule has 6 heteroatoms. The molecule has 0 radical (unpaired) electrons. The number of nitrogens with one attached hydrogen (secondary N) is 1. The summed E-state index contributed by atoms with van der Waals surface area (Å²) in [6, 6.07) is 0. The van der Waals surface area contributed by atoms with Gasteiger partial charge in [-0.1, -0.05) is 4.57 Å². The number of rotatable bonds is 3. The maximum Gasteiger partial charge on any atom is 0.354 e. The topological polar surface area (TPSA) is 89.5 Å². The Morgan fingerprint density at radius 1 is 1.58 bits per heavy atom. The fourth-order valence-electron chi connectivity index (χ4n) is 0.648. The number of hydrogen-bond acceptors (Lipinski definition) is 4. The molecule has 0 rings (SSSR count). The van der Waals surface area contributed by atoms with Crippen molar-refractivity contribution in [1.82, 2.24) is 5.32 Å². The summed E-state index contributed by atoms with van der Waals surface area (Å²) < 4.78 is 10.5. The lowest BCUT2D eigenvalue weighted by Crippen LogP contribution is -2.26. The molecule has 0 aromatic heterocycles. The van der Waals surface area contributed by atoms with Crippen molar-refractivity contribution in [2.24, 2.45) is 0 Å². The average Bonchev–Trinajstić information content (AvgIpc) is 1.85. The molecular formula is C6H10NO4P. The van der Waals surface area contributed by atoms with Gasteiger partial charge in [0, 0.05) is 0 Å². The summed E-state index contributed by atoms with van der Waals surface area (Å²) in [6.45, 7) is 2.45. The van der Waals surface area contributed by atoms with E-state index in [1.165, 1.54) is 13.8 Å². The third kappa shape index (κ3) is 3.09. The maximum absolute atomic E-state index is 10.9. The van der Waals surface area contributed by atoms with Crippen LogP contribution in [0.15, 0.2) is 10.9 Å². The summed E-state index contributed by atoms with van der Waals surface area (Å²) in [6.07, 6.45) is 0. The summed E-state index contributed by atoms with van der Waals surface area (Å²) in [7, 11) is -2.90. The van der Waals surface area contributed by atoms with Gasteiger partial charge in [0.2, 0.25) is 5.31 Å². The van der Waals surface area contributed by atoms with Crippen molar-refractivity contribution in [3.8, 4) is 0 Å². The highest BCUT2D eigenvalue weighted by Crippen LogP contribution is 2.25. The van der Waals surface area contributed by atoms with Gasteiger partial charge < -0.3 is 15.3 Å². The fraction of sp³-hybridized carbons (Fsp3) is 0.500. The molecule has 1 unspecified atom stereocenters. The van der Waals surface area contributed by atoms with Crippen molar-refractivity contribution in [2.45, 2.75) is 13.8 Å². The minimum Gasteiger partial charge on any atom is -0.591 e. The molecule has 0 fully saturated rings. The highest BCUT2D eigenvalue weighted by atomic mass is 31.1. The SMILES string of the molecule is CC(C)=C(C(=O)NCO)[P+](=O)[O-]. The lowest BCUT2D eigenvalue weighted by Gasteiger charge is -1.99. The van der Waals surface area contributed by atoms with Crippen molar-refractivity contribution in [1.29, 1.82) is 0 Å². The zero-order chi connectivity index (χ0) is 9.72. The van der Waals surface area contributed by atoms with Crippen molar-refractivity contribution < 1.29 is 19.4 Å². The number of amides is 1. The molecule has 0 aromatic rings. The summed E-state index contributed by atoms with van der Waals surface area (Å²) >= 11 is 0. The first-order chi connectivity index (χ1) is 5.50. The number of carbonyl (C=O) groups is 1. The van der Waals surface area contributed by atoms with E-state index in [2.05, 4.69) is 0 Å². The number of aliphatic hydroxyl groups is 1. The van der Waals surface area contributed by atoms with E-state index in [4.69, 9.17) is 5.11 Å². The van der Waals surface area contributed by atoms with Gasteiger partial charge in [-0.3, -0.25) is 4.79 Å². The molecule has 2 N–H and O–H groups in total. The van der Waals surface area contributed by atoms with Crippen LogP contribution >= 0.6 is 8.03 Å². The van der Waals surface area contributed by atoms with Gasteiger partial charge in [-0.15, -0.1) is 0 Å². The molecule has 0 bridgehead atoms. The van der Waals surface area contributed by atoms with Crippen molar-refractivity contribution >= 4 is 13.9 Å². The minimum atomic E-state index is -2.90. The number of aliphatic hydroxyl groups excluding tert-OH is 1. The van der Waals surface area contributed by atoms with Crippen LogP contribution in [0, 0.1) is 0 Å². The van der Waals surface area contributed by atoms with Crippen LogP contribution in [0.1, 0.15) is 13.8 Å². The van der Waals surface area contributed by atoms with E-state index in [9.17, 15) is 14.3 Å². The smallest absolute Gasteiger partial charge is 0.354 e. The molecule has 0 aliphatic rings. The van der Waals surface area contributed by atoms with Crippen LogP contribution in [0.5, 0.6) is 0 Å². The van der Waals surface area contributed by atoms with Crippen LogP contribution in [0.4, 0.5) is 0 Å². The standard InChI is InChI=1S/C6H10NO4P/c1-4(2)5(12(10)11)6(9)7-3-8/h8H,3H2,1-2H3,(H,7,9). The molecule has 1 atom stereocenters. The number of allylic oxidation sites excluding steroid dienone is 1. The molecule has 0 heterocycles.